The van der Waals surface area contributed by atoms with Gasteiger partial charge in [-0.25, -0.2) is 0 Å². The van der Waals surface area contributed by atoms with Crippen molar-refractivity contribution in [1.82, 2.24) is 5.32 Å². The molecule has 2 aliphatic rings. The lowest BCUT2D eigenvalue weighted by Crippen LogP contribution is -2.51. The molecule has 2 bridgehead atoms. The van der Waals surface area contributed by atoms with Crippen molar-refractivity contribution in [2.75, 3.05) is 18.0 Å². The molecule has 1 aromatic carbocycles. The van der Waals surface area contributed by atoms with E-state index in [9.17, 15) is 0 Å². The predicted molar refractivity (Wildman–Crippen MR) is 58.6 cm³/mol. The third-order valence-corrected chi connectivity index (χ3v) is 3.34. The van der Waals surface area contributed by atoms with Gasteiger partial charge in [-0.3, -0.25) is 0 Å². The molecule has 0 amide bonds. The summed E-state index contributed by atoms with van der Waals surface area (Å²) in [5.41, 5.74) is 1.38. The zero-order chi connectivity index (χ0) is 9.38. The Bertz CT molecular complexity index is 297. The summed E-state index contributed by atoms with van der Waals surface area (Å²) in [6.45, 7) is 2.36. The van der Waals surface area contributed by atoms with Crippen LogP contribution in [0.5, 0.6) is 0 Å². The van der Waals surface area contributed by atoms with Crippen LogP contribution in [0.25, 0.3) is 0 Å². The molecule has 2 aliphatic heterocycles. The van der Waals surface area contributed by atoms with Crippen molar-refractivity contribution in [2.45, 2.75) is 24.9 Å². The topological polar surface area (TPSA) is 15.3 Å². The van der Waals surface area contributed by atoms with Crippen LogP contribution < -0.4 is 10.2 Å². The molecule has 2 unspecified atom stereocenters. The zero-order valence-corrected chi connectivity index (χ0v) is 8.32. The number of hydrogen-bond donors (Lipinski definition) is 1. The van der Waals surface area contributed by atoms with Crippen molar-refractivity contribution >= 4 is 5.69 Å². The van der Waals surface area contributed by atoms with Crippen molar-refractivity contribution in [3.05, 3.63) is 30.3 Å². The minimum atomic E-state index is 0.731. The molecule has 0 aromatic heterocycles. The number of para-hydroxylation sites is 1. The third-order valence-electron chi connectivity index (χ3n) is 3.34. The summed E-state index contributed by atoms with van der Waals surface area (Å²) >= 11 is 0. The molecule has 2 nitrogen and oxygen atoms in total. The van der Waals surface area contributed by atoms with E-state index in [2.05, 4.69) is 40.5 Å². The quantitative estimate of drug-likeness (QED) is 0.720. The maximum Gasteiger partial charge on any atom is 0.0367 e. The fourth-order valence-electron chi connectivity index (χ4n) is 2.65. The maximum atomic E-state index is 3.65. The molecule has 1 N–H and O–H groups in total. The molecule has 14 heavy (non-hydrogen) atoms. The summed E-state index contributed by atoms with van der Waals surface area (Å²) < 4.78 is 0. The molecule has 0 saturated carbocycles. The summed E-state index contributed by atoms with van der Waals surface area (Å²) in [7, 11) is 0. The number of piperazine rings is 1. The van der Waals surface area contributed by atoms with Gasteiger partial charge in [0.2, 0.25) is 0 Å². The molecule has 3 rings (SSSR count). The molecule has 2 fully saturated rings. The molecule has 2 saturated heterocycles. The lowest BCUT2D eigenvalue weighted by Gasteiger charge is -2.34. The summed E-state index contributed by atoms with van der Waals surface area (Å²) in [5, 5.41) is 3.65. The SMILES string of the molecule is c1ccc(N2CC3CCC(C2)N3)cc1. The Kier molecular flexibility index (Phi) is 1.95. The van der Waals surface area contributed by atoms with Gasteiger partial charge in [0, 0.05) is 30.9 Å². The van der Waals surface area contributed by atoms with Crippen molar-refractivity contribution in [1.29, 1.82) is 0 Å². The highest BCUT2D eigenvalue weighted by molar-refractivity contribution is 5.47. The standard InChI is InChI=1S/C12H16N2/c1-2-4-12(5-3-1)14-8-10-6-7-11(9-14)13-10/h1-5,10-11,13H,6-9H2. The van der Waals surface area contributed by atoms with Gasteiger partial charge < -0.3 is 10.2 Å². The van der Waals surface area contributed by atoms with Crippen molar-refractivity contribution in [3.63, 3.8) is 0 Å². The largest absolute Gasteiger partial charge is 0.368 e. The lowest BCUT2D eigenvalue weighted by molar-refractivity contribution is 0.466. The van der Waals surface area contributed by atoms with E-state index in [-0.39, 0.29) is 0 Å². The van der Waals surface area contributed by atoms with Crippen LogP contribution in [0.2, 0.25) is 0 Å². The molecule has 74 valence electrons. The van der Waals surface area contributed by atoms with Gasteiger partial charge in [-0.2, -0.15) is 0 Å². The molecular weight excluding hydrogens is 172 g/mol. The second-order valence-corrected chi connectivity index (χ2v) is 4.38. The van der Waals surface area contributed by atoms with Crippen LogP contribution in [0.4, 0.5) is 5.69 Å². The van der Waals surface area contributed by atoms with E-state index in [1.165, 1.54) is 31.6 Å². The molecule has 2 heterocycles. The van der Waals surface area contributed by atoms with E-state index in [0.717, 1.165) is 12.1 Å². The number of anilines is 1. The summed E-state index contributed by atoms with van der Waals surface area (Å²) in [6.07, 6.45) is 2.71. The normalized spacial score (nSPS) is 30.7. The summed E-state index contributed by atoms with van der Waals surface area (Å²) in [5.74, 6) is 0. The van der Waals surface area contributed by atoms with Gasteiger partial charge in [0.15, 0.2) is 0 Å². The second kappa shape index (κ2) is 3.28. The fourth-order valence-corrected chi connectivity index (χ4v) is 2.65. The van der Waals surface area contributed by atoms with Gasteiger partial charge in [0.05, 0.1) is 0 Å². The average molecular weight is 188 g/mol. The minimum absolute atomic E-state index is 0.731. The minimum Gasteiger partial charge on any atom is -0.368 e. The fraction of sp³-hybridized carbons (Fsp3) is 0.500. The first-order chi connectivity index (χ1) is 6.92. The van der Waals surface area contributed by atoms with Gasteiger partial charge in [0.25, 0.3) is 0 Å². The van der Waals surface area contributed by atoms with Gasteiger partial charge in [-0.15, -0.1) is 0 Å². The first-order valence-electron chi connectivity index (χ1n) is 5.48. The average Bonchev–Trinajstić information content (AvgIpc) is 2.59. The molecular formula is C12H16N2. The molecule has 0 aliphatic carbocycles. The zero-order valence-electron chi connectivity index (χ0n) is 8.32. The second-order valence-electron chi connectivity index (χ2n) is 4.38. The van der Waals surface area contributed by atoms with Crippen LogP contribution >= 0.6 is 0 Å². The number of hydrogen-bond acceptors (Lipinski definition) is 2. The van der Waals surface area contributed by atoms with Crippen LogP contribution in [0.15, 0.2) is 30.3 Å². The van der Waals surface area contributed by atoms with Gasteiger partial charge in [-0.05, 0) is 25.0 Å². The predicted octanol–water partition coefficient (Wildman–Crippen LogP) is 1.63. The van der Waals surface area contributed by atoms with Crippen molar-refractivity contribution in [2.24, 2.45) is 0 Å². The number of nitrogens with one attached hydrogen (secondary N) is 1. The molecule has 0 spiro atoms. The van der Waals surface area contributed by atoms with E-state index < -0.39 is 0 Å². The molecule has 2 atom stereocenters. The highest BCUT2D eigenvalue weighted by Gasteiger charge is 2.31. The first kappa shape index (κ1) is 8.30. The Morgan fingerprint density at radius 2 is 1.64 bits per heavy atom. The monoisotopic (exact) mass is 188 g/mol. The van der Waals surface area contributed by atoms with Crippen molar-refractivity contribution < 1.29 is 0 Å². The Hall–Kier alpha value is -1.02. The third kappa shape index (κ3) is 1.40. The number of nitrogens with zero attached hydrogens (tertiary/aromatic N) is 1. The van der Waals surface area contributed by atoms with Crippen molar-refractivity contribution in [3.8, 4) is 0 Å². The van der Waals surface area contributed by atoms with Crippen LogP contribution in [-0.4, -0.2) is 25.2 Å². The maximum absolute atomic E-state index is 3.65. The lowest BCUT2D eigenvalue weighted by atomic mass is 10.2. The van der Waals surface area contributed by atoms with Crippen LogP contribution in [-0.2, 0) is 0 Å². The molecule has 2 heteroatoms. The highest BCUT2D eigenvalue weighted by atomic mass is 15.2. The van der Waals surface area contributed by atoms with E-state index in [0.29, 0.717) is 0 Å². The smallest absolute Gasteiger partial charge is 0.0367 e. The number of fused-ring (bicyclic) bond motifs is 2. The van der Waals surface area contributed by atoms with Gasteiger partial charge in [0.1, 0.15) is 0 Å². The first-order valence-corrected chi connectivity index (χ1v) is 5.48. The van der Waals surface area contributed by atoms with E-state index in [1.807, 2.05) is 0 Å². The van der Waals surface area contributed by atoms with E-state index in [1.54, 1.807) is 0 Å². The molecule has 1 aromatic rings. The van der Waals surface area contributed by atoms with Crippen LogP contribution in [0, 0.1) is 0 Å². The Balaban J connectivity index is 1.81. The molecule has 0 radical (unpaired) electrons. The highest BCUT2D eigenvalue weighted by Crippen LogP contribution is 2.24. The van der Waals surface area contributed by atoms with E-state index >= 15 is 0 Å². The summed E-state index contributed by atoms with van der Waals surface area (Å²) in [4.78, 5) is 2.51. The van der Waals surface area contributed by atoms with Gasteiger partial charge in [-0.1, -0.05) is 18.2 Å². The van der Waals surface area contributed by atoms with Crippen LogP contribution in [0.3, 0.4) is 0 Å². The number of rotatable bonds is 1. The van der Waals surface area contributed by atoms with Gasteiger partial charge >= 0.3 is 0 Å². The van der Waals surface area contributed by atoms with Crippen LogP contribution in [0.1, 0.15) is 12.8 Å². The Morgan fingerprint density at radius 1 is 1.00 bits per heavy atom. The Labute approximate surface area is 84.9 Å². The summed E-state index contributed by atoms with van der Waals surface area (Å²) in [6, 6.07) is 12.2. The Morgan fingerprint density at radius 3 is 2.29 bits per heavy atom. The number of benzene rings is 1. The van der Waals surface area contributed by atoms with E-state index in [4.69, 9.17) is 0 Å².